The Balaban J connectivity index is 2.35. The average molecular weight is 172 g/mol. The molecule has 0 aromatic rings. The molecule has 0 atom stereocenters. The summed E-state index contributed by atoms with van der Waals surface area (Å²) in [6.07, 6.45) is 1.62. The van der Waals surface area contributed by atoms with Crippen molar-refractivity contribution in [3.63, 3.8) is 0 Å². The predicted octanol–water partition coefficient (Wildman–Crippen LogP) is 0.323. The monoisotopic (exact) mass is 172 g/mol. The second kappa shape index (κ2) is 4.02. The minimum atomic E-state index is -0.0963. The van der Waals surface area contributed by atoms with Gasteiger partial charge in [0, 0.05) is 0 Å². The smallest absolute Gasteiger partial charge is 0.268 e. The first-order valence-electron chi connectivity index (χ1n) is 3.06. The Bertz CT molecular complexity index is 203. The molecule has 1 rings (SSSR count). The van der Waals surface area contributed by atoms with Crippen LogP contribution < -0.4 is 5.43 Å². The van der Waals surface area contributed by atoms with Gasteiger partial charge in [-0.3, -0.25) is 4.79 Å². The zero-order valence-corrected chi connectivity index (χ0v) is 6.69. The standard InChI is InChI=1S/C6H8N2O2S/c1-2-3-10-6-8-7-5(9)4-11-6/h2H,1,3-4H2,(H,7,9). The second-order valence-corrected chi connectivity index (χ2v) is 2.73. The number of ether oxygens (including phenoxy) is 1. The van der Waals surface area contributed by atoms with Gasteiger partial charge in [0.05, 0.1) is 5.75 Å². The Kier molecular flexibility index (Phi) is 2.97. The maximum Gasteiger partial charge on any atom is 0.268 e. The maximum absolute atomic E-state index is 10.6. The number of nitrogens with zero attached hydrogens (tertiary/aromatic N) is 1. The summed E-state index contributed by atoms with van der Waals surface area (Å²) >= 11 is 1.28. The van der Waals surface area contributed by atoms with Crippen LogP contribution in [-0.4, -0.2) is 23.5 Å². The lowest BCUT2D eigenvalue weighted by molar-refractivity contribution is -0.118. The normalized spacial score (nSPS) is 16.7. The molecule has 1 aliphatic heterocycles. The molecule has 0 aromatic carbocycles. The summed E-state index contributed by atoms with van der Waals surface area (Å²) in [7, 11) is 0. The molecule has 1 aliphatic rings. The van der Waals surface area contributed by atoms with Crippen LogP contribution in [-0.2, 0) is 9.53 Å². The molecular weight excluding hydrogens is 164 g/mol. The summed E-state index contributed by atoms with van der Waals surface area (Å²) in [6.45, 7) is 3.90. The van der Waals surface area contributed by atoms with E-state index in [4.69, 9.17) is 4.74 Å². The molecule has 0 aromatic heterocycles. The van der Waals surface area contributed by atoms with E-state index < -0.39 is 0 Å². The number of amides is 1. The third kappa shape index (κ3) is 2.63. The zero-order valence-electron chi connectivity index (χ0n) is 5.87. The first-order chi connectivity index (χ1) is 5.33. The number of hydrogen-bond donors (Lipinski definition) is 1. The number of nitrogens with one attached hydrogen (secondary N) is 1. The lowest BCUT2D eigenvalue weighted by atomic mass is 10.7. The fourth-order valence-corrected chi connectivity index (χ4v) is 1.08. The lowest BCUT2D eigenvalue weighted by Gasteiger charge is -2.10. The number of thioether (sulfide) groups is 1. The van der Waals surface area contributed by atoms with Crippen molar-refractivity contribution in [2.24, 2.45) is 5.10 Å². The van der Waals surface area contributed by atoms with E-state index >= 15 is 0 Å². The Morgan fingerprint density at radius 3 is 3.27 bits per heavy atom. The first kappa shape index (κ1) is 8.13. The van der Waals surface area contributed by atoms with Gasteiger partial charge < -0.3 is 4.74 Å². The van der Waals surface area contributed by atoms with E-state index in [1.54, 1.807) is 6.08 Å². The van der Waals surface area contributed by atoms with Crippen LogP contribution in [0.4, 0.5) is 0 Å². The number of hydrogen-bond acceptors (Lipinski definition) is 4. The van der Waals surface area contributed by atoms with Crippen LogP contribution in [0.3, 0.4) is 0 Å². The molecule has 4 nitrogen and oxygen atoms in total. The molecule has 0 saturated carbocycles. The van der Waals surface area contributed by atoms with Crippen LogP contribution in [0, 0.1) is 0 Å². The van der Waals surface area contributed by atoms with Crippen molar-refractivity contribution in [1.29, 1.82) is 0 Å². The van der Waals surface area contributed by atoms with Gasteiger partial charge in [0.2, 0.25) is 0 Å². The fourth-order valence-electron chi connectivity index (χ4n) is 0.504. The Morgan fingerprint density at radius 2 is 2.73 bits per heavy atom. The number of carbonyl (C=O) groups is 1. The Labute approximate surface area is 68.7 Å². The molecule has 0 radical (unpaired) electrons. The third-order valence-corrected chi connectivity index (χ3v) is 1.79. The van der Waals surface area contributed by atoms with Crippen LogP contribution in [0.5, 0.6) is 0 Å². The molecule has 0 unspecified atom stereocenters. The van der Waals surface area contributed by atoms with Gasteiger partial charge in [-0.15, -0.1) is 5.10 Å². The first-order valence-corrected chi connectivity index (χ1v) is 4.04. The van der Waals surface area contributed by atoms with E-state index in [2.05, 4.69) is 17.1 Å². The summed E-state index contributed by atoms with van der Waals surface area (Å²) < 4.78 is 5.06. The summed E-state index contributed by atoms with van der Waals surface area (Å²) in [5, 5.41) is 4.15. The van der Waals surface area contributed by atoms with E-state index in [9.17, 15) is 4.79 Å². The van der Waals surface area contributed by atoms with Gasteiger partial charge >= 0.3 is 0 Å². The molecular formula is C6H8N2O2S. The summed E-state index contributed by atoms with van der Waals surface area (Å²) in [6, 6.07) is 0. The van der Waals surface area contributed by atoms with Gasteiger partial charge in [-0.05, 0) is 0 Å². The summed E-state index contributed by atoms with van der Waals surface area (Å²) in [5.74, 6) is 0.275. The zero-order chi connectivity index (χ0) is 8.10. The fraction of sp³-hybridized carbons (Fsp3) is 0.333. The van der Waals surface area contributed by atoms with E-state index in [1.165, 1.54) is 11.8 Å². The van der Waals surface area contributed by atoms with Gasteiger partial charge in [0.15, 0.2) is 0 Å². The third-order valence-electron chi connectivity index (χ3n) is 0.923. The molecule has 0 fully saturated rings. The predicted molar refractivity (Wildman–Crippen MR) is 44.2 cm³/mol. The lowest BCUT2D eigenvalue weighted by Crippen LogP contribution is -2.27. The van der Waals surface area contributed by atoms with Gasteiger partial charge in [-0.25, -0.2) is 5.43 Å². The van der Waals surface area contributed by atoms with E-state index in [0.717, 1.165) is 0 Å². The van der Waals surface area contributed by atoms with Crippen molar-refractivity contribution >= 4 is 22.9 Å². The van der Waals surface area contributed by atoms with Crippen molar-refractivity contribution in [3.05, 3.63) is 12.7 Å². The van der Waals surface area contributed by atoms with Crippen LogP contribution in [0.2, 0.25) is 0 Å². The minimum Gasteiger partial charge on any atom is -0.468 e. The molecule has 60 valence electrons. The maximum atomic E-state index is 10.6. The van der Waals surface area contributed by atoms with Crippen molar-refractivity contribution in [3.8, 4) is 0 Å². The molecule has 0 bridgehead atoms. The Morgan fingerprint density at radius 1 is 1.91 bits per heavy atom. The van der Waals surface area contributed by atoms with Crippen molar-refractivity contribution in [1.82, 2.24) is 5.43 Å². The molecule has 5 heteroatoms. The molecule has 0 aliphatic carbocycles. The largest absolute Gasteiger partial charge is 0.468 e. The van der Waals surface area contributed by atoms with Crippen molar-refractivity contribution in [2.45, 2.75) is 0 Å². The van der Waals surface area contributed by atoms with Crippen LogP contribution in [0.25, 0.3) is 0 Å². The molecule has 11 heavy (non-hydrogen) atoms. The number of carbonyl (C=O) groups excluding carboxylic acids is 1. The van der Waals surface area contributed by atoms with Gasteiger partial charge in [-0.1, -0.05) is 24.4 Å². The van der Waals surface area contributed by atoms with Crippen LogP contribution in [0.1, 0.15) is 0 Å². The van der Waals surface area contributed by atoms with Gasteiger partial charge in [-0.2, -0.15) is 0 Å². The molecule has 0 saturated heterocycles. The summed E-state index contributed by atoms with van der Waals surface area (Å²) in [5.41, 5.74) is 2.31. The highest BCUT2D eigenvalue weighted by Gasteiger charge is 2.11. The highest BCUT2D eigenvalue weighted by Crippen LogP contribution is 2.08. The molecule has 0 spiro atoms. The van der Waals surface area contributed by atoms with Gasteiger partial charge in [0.1, 0.15) is 6.61 Å². The topological polar surface area (TPSA) is 50.7 Å². The highest BCUT2D eigenvalue weighted by atomic mass is 32.2. The van der Waals surface area contributed by atoms with Crippen LogP contribution in [0.15, 0.2) is 17.8 Å². The SMILES string of the molecule is C=CCOC1=NNC(=O)CS1. The van der Waals surface area contributed by atoms with E-state index in [0.29, 0.717) is 17.6 Å². The van der Waals surface area contributed by atoms with E-state index in [-0.39, 0.29) is 5.91 Å². The Hall–Kier alpha value is -0.970. The summed E-state index contributed by atoms with van der Waals surface area (Å²) in [4.78, 5) is 10.6. The highest BCUT2D eigenvalue weighted by molar-refractivity contribution is 8.14. The van der Waals surface area contributed by atoms with Crippen molar-refractivity contribution in [2.75, 3.05) is 12.4 Å². The second-order valence-electron chi connectivity index (χ2n) is 1.80. The number of hydrazone groups is 1. The van der Waals surface area contributed by atoms with Gasteiger partial charge in [0.25, 0.3) is 11.1 Å². The number of rotatable bonds is 2. The minimum absolute atomic E-state index is 0.0963. The molecule has 1 heterocycles. The van der Waals surface area contributed by atoms with Crippen LogP contribution >= 0.6 is 11.8 Å². The average Bonchev–Trinajstić information content (AvgIpc) is 2.04. The molecule has 1 amide bonds. The van der Waals surface area contributed by atoms with E-state index in [1.807, 2.05) is 0 Å². The quantitative estimate of drug-likeness (QED) is 0.610. The van der Waals surface area contributed by atoms with Crippen molar-refractivity contribution < 1.29 is 9.53 Å². The molecule has 1 N–H and O–H groups in total.